The Morgan fingerprint density at radius 1 is 1.27 bits per heavy atom. The second-order valence-electron chi connectivity index (χ2n) is 6.39. The zero-order chi connectivity index (χ0) is 19.0. The quantitative estimate of drug-likeness (QED) is 0.820. The summed E-state index contributed by atoms with van der Waals surface area (Å²) >= 11 is 0. The Kier molecular flexibility index (Phi) is 4.58. The van der Waals surface area contributed by atoms with Gasteiger partial charge in [-0.3, -0.25) is 9.59 Å². The molecule has 0 aliphatic carbocycles. The number of fused-ring (bicyclic) bond motifs is 2. The Hall–Kier alpha value is -3.03. The molecule has 0 radical (unpaired) electrons. The maximum atomic E-state index is 12.8. The summed E-state index contributed by atoms with van der Waals surface area (Å²) in [5.41, 5.74) is -0.0231. The van der Waals surface area contributed by atoms with E-state index in [1.807, 2.05) is 6.92 Å². The normalized spacial score (nSPS) is 13.8. The summed E-state index contributed by atoms with van der Waals surface area (Å²) < 4.78 is 12.4. The number of nitrogens with one attached hydrogen (secondary N) is 1. The molecule has 0 fully saturated rings. The van der Waals surface area contributed by atoms with E-state index in [0.29, 0.717) is 28.9 Å². The van der Waals surface area contributed by atoms with Gasteiger partial charge in [-0.05, 0) is 18.9 Å². The monoisotopic (exact) mass is 359 g/mol. The number of carbonyl (C=O) groups is 2. The zero-order valence-electron chi connectivity index (χ0n) is 14.7. The van der Waals surface area contributed by atoms with E-state index in [9.17, 15) is 19.5 Å². The number of aromatic nitrogens is 1. The van der Waals surface area contributed by atoms with Gasteiger partial charge in [-0.2, -0.15) is 0 Å². The van der Waals surface area contributed by atoms with E-state index in [1.54, 1.807) is 30.5 Å². The van der Waals surface area contributed by atoms with E-state index in [-0.39, 0.29) is 18.3 Å². The fraction of sp³-hybridized carbons (Fsp3) is 0.389. The Morgan fingerprint density at radius 2 is 1.92 bits per heavy atom. The van der Waals surface area contributed by atoms with Crippen LogP contribution in [0.5, 0.6) is 11.5 Å². The van der Waals surface area contributed by atoms with Crippen molar-refractivity contribution in [1.82, 2.24) is 9.88 Å². The number of hydrogen-bond acceptors (Lipinski definition) is 6. The van der Waals surface area contributed by atoms with Crippen LogP contribution < -0.4 is 25.3 Å². The molecule has 3 rings (SSSR count). The Balaban J connectivity index is 2.10. The van der Waals surface area contributed by atoms with Crippen molar-refractivity contribution in [1.29, 1.82) is 0 Å². The van der Waals surface area contributed by atoms with E-state index in [1.165, 1.54) is 6.20 Å². The summed E-state index contributed by atoms with van der Waals surface area (Å²) in [4.78, 5) is 36.6. The summed E-state index contributed by atoms with van der Waals surface area (Å²) in [6.45, 7) is 5.73. The van der Waals surface area contributed by atoms with Crippen molar-refractivity contribution < 1.29 is 24.2 Å². The molecule has 0 saturated carbocycles. The minimum Gasteiger partial charge on any atom is -0.548 e. The smallest absolute Gasteiger partial charge is 0.257 e. The SMILES string of the molecule is CCn1cc(C(=O)N[C@H](C(=O)[O-])C(C)C)c(=O)c2cc3c(cc21)OCO3. The Labute approximate surface area is 149 Å². The van der Waals surface area contributed by atoms with Crippen LogP contribution in [0.2, 0.25) is 0 Å². The molecule has 1 aromatic heterocycles. The van der Waals surface area contributed by atoms with E-state index < -0.39 is 23.3 Å². The summed E-state index contributed by atoms with van der Waals surface area (Å²) in [5, 5.41) is 13.9. The standard InChI is InChI=1S/C18H20N2O6/c1-4-20-7-11(17(22)19-15(9(2)3)18(23)24)16(21)10-5-13-14(6-12(10)20)26-8-25-13/h5-7,9,15H,4,8H2,1-3H3,(H,19,22)(H,23,24)/p-1/t15-/m0/s1. The lowest BCUT2D eigenvalue weighted by Crippen LogP contribution is -2.51. The van der Waals surface area contributed by atoms with Gasteiger partial charge in [0.05, 0.1) is 22.9 Å². The Bertz CT molecular complexity index is 947. The summed E-state index contributed by atoms with van der Waals surface area (Å²) in [5.74, 6) is -1.56. The number of benzene rings is 1. The highest BCUT2D eigenvalue weighted by molar-refractivity contribution is 5.99. The molecule has 1 amide bonds. The molecule has 1 aliphatic rings. The molecule has 0 bridgehead atoms. The number of amides is 1. The van der Waals surface area contributed by atoms with Crippen molar-refractivity contribution in [3.63, 3.8) is 0 Å². The van der Waals surface area contributed by atoms with Gasteiger partial charge >= 0.3 is 0 Å². The first kappa shape index (κ1) is 17.8. The van der Waals surface area contributed by atoms with E-state index in [4.69, 9.17) is 9.47 Å². The topological polar surface area (TPSA) is 110 Å². The van der Waals surface area contributed by atoms with Crippen LogP contribution >= 0.6 is 0 Å². The van der Waals surface area contributed by atoms with Gasteiger partial charge in [0.25, 0.3) is 5.91 Å². The lowest BCUT2D eigenvalue weighted by atomic mass is 10.0. The predicted molar refractivity (Wildman–Crippen MR) is 91.1 cm³/mol. The van der Waals surface area contributed by atoms with Crippen LogP contribution in [-0.4, -0.2) is 29.3 Å². The van der Waals surface area contributed by atoms with E-state index in [2.05, 4.69) is 5.32 Å². The second kappa shape index (κ2) is 6.70. The lowest BCUT2D eigenvalue weighted by Gasteiger charge is -2.23. The van der Waals surface area contributed by atoms with Gasteiger partial charge in [0.1, 0.15) is 5.56 Å². The Morgan fingerprint density at radius 3 is 2.50 bits per heavy atom. The number of carboxylic acid groups (broad SMARTS) is 1. The molecule has 0 unspecified atom stereocenters. The molecular formula is C18H19N2O6-. The van der Waals surface area contributed by atoms with Gasteiger partial charge in [-0.15, -0.1) is 0 Å². The highest BCUT2D eigenvalue weighted by Crippen LogP contribution is 2.35. The number of hydrogen-bond donors (Lipinski definition) is 1. The first-order chi connectivity index (χ1) is 12.3. The minimum absolute atomic E-state index is 0.0704. The minimum atomic E-state index is -1.40. The number of pyridine rings is 1. The third kappa shape index (κ3) is 2.98. The van der Waals surface area contributed by atoms with Crippen LogP contribution in [0, 0.1) is 5.92 Å². The van der Waals surface area contributed by atoms with Gasteiger partial charge in [-0.25, -0.2) is 0 Å². The predicted octanol–water partition coefficient (Wildman–Crippen LogP) is 0.254. The van der Waals surface area contributed by atoms with Crippen LogP contribution in [0.15, 0.2) is 23.1 Å². The van der Waals surface area contributed by atoms with Crippen LogP contribution in [0.1, 0.15) is 31.1 Å². The van der Waals surface area contributed by atoms with Crippen LogP contribution in [0.4, 0.5) is 0 Å². The van der Waals surface area contributed by atoms with E-state index in [0.717, 1.165) is 0 Å². The maximum absolute atomic E-state index is 12.8. The molecule has 8 nitrogen and oxygen atoms in total. The highest BCUT2D eigenvalue weighted by atomic mass is 16.7. The number of carbonyl (C=O) groups excluding carboxylic acids is 2. The summed E-state index contributed by atoms with van der Waals surface area (Å²) in [6.07, 6.45) is 1.43. The molecule has 2 aromatic rings. The van der Waals surface area contributed by atoms with Crippen molar-refractivity contribution >= 4 is 22.8 Å². The van der Waals surface area contributed by atoms with Crippen molar-refractivity contribution in [3.8, 4) is 11.5 Å². The number of aryl methyl sites for hydroxylation is 1. The fourth-order valence-corrected chi connectivity index (χ4v) is 2.92. The van der Waals surface area contributed by atoms with Crippen molar-refractivity contribution in [2.75, 3.05) is 6.79 Å². The zero-order valence-corrected chi connectivity index (χ0v) is 14.7. The molecule has 1 N–H and O–H groups in total. The fourth-order valence-electron chi connectivity index (χ4n) is 2.92. The van der Waals surface area contributed by atoms with Crippen LogP contribution in [0.3, 0.4) is 0 Å². The molecule has 1 atom stereocenters. The largest absolute Gasteiger partial charge is 0.548 e. The van der Waals surface area contributed by atoms with Gasteiger partial charge in [0.2, 0.25) is 12.2 Å². The van der Waals surface area contributed by atoms with Gasteiger partial charge in [0, 0.05) is 18.8 Å². The van der Waals surface area contributed by atoms with E-state index >= 15 is 0 Å². The molecule has 0 spiro atoms. The summed E-state index contributed by atoms with van der Waals surface area (Å²) in [7, 11) is 0. The number of nitrogens with zero attached hydrogens (tertiary/aromatic N) is 1. The molecule has 26 heavy (non-hydrogen) atoms. The third-order valence-corrected chi connectivity index (χ3v) is 4.37. The molecule has 2 heterocycles. The summed E-state index contributed by atoms with van der Waals surface area (Å²) in [6, 6.07) is 2.05. The highest BCUT2D eigenvalue weighted by Gasteiger charge is 2.23. The average molecular weight is 359 g/mol. The molecule has 8 heteroatoms. The lowest BCUT2D eigenvalue weighted by molar-refractivity contribution is -0.309. The van der Waals surface area contributed by atoms with Crippen LogP contribution in [-0.2, 0) is 11.3 Å². The molecule has 1 aliphatic heterocycles. The van der Waals surface area contributed by atoms with Crippen LogP contribution in [0.25, 0.3) is 10.9 Å². The van der Waals surface area contributed by atoms with Gasteiger partial charge in [0.15, 0.2) is 11.5 Å². The van der Waals surface area contributed by atoms with Crippen molar-refractivity contribution in [2.24, 2.45) is 5.92 Å². The average Bonchev–Trinajstić information content (AvgIpc) is 3.05. The number of rotatable bonds is 5. The first-order valence-corrected chi connectivity index (χ1v) is 8.32. The second-order valence-corrected chi connectivity index (χ2v) is 6.39. The first-order valence-electron chi connectivity index (χ1n) is 8.32. The van der Waals surface area contributed by atoms with Gasteiger partial charge < -0.3 is 29.3 Å². The van der Waals surface area contributed by atoms with Gasteiger partial charge in [-0.1, -0.05) is 13.8 Å². The number of ether oxygens (including phenoxy) is 2. The molecular weight excluding hydrogens is 340 g/mol. The molecule has 0 saturated heterocycles. The maximum Gasteiger partial charge on any atom is 0.257 e. The van der Waals surface area contributed by atoms with Crippen molar-refractivity contribution in [3.05, 3.63) is 34.1 Å². The number of aliphatic carboxylic acids is 1. The number of carboxylic acids is 1. The molecule has 138 valence electrons. The molecule has 1 aromatic carbocycles. The third-order valence-electron chi connectivity index (χ3n) is 4.37. The van der Waals surface area contributed by atoms with Crippen molar-refractivity contribution in [2.45, 2.75) is 33.4 Å².